The Morgan fingerprint density at radius 3 is 2.44 bits per heavy atom. The maximum Gasteiger partial charge on any atom is 0.308 e. The molecule has 8 heteroatoms. The van der Waals surface area contributed by atoms with Crippen molar-refractivity contribution in [3.63, 3.8) is 0 Å². The molecule has 1 heterocycles. The van der Waals surface area contributed by atoms with E-state index in [1.165, 1.54) is 18.4 Å². The van der Waals surface area contributed by atoms with Crippen LogP contribution in [0.5, 0.6) is 0 Å². The van der Waals surface area contributed by atoms with Gasteiger partial charge in [-0.15, -0.1) is 11.3 Å². The van der Waals surface area contributed by atoms with Crippen molar-refractivity contribution in [2.24, 2.45) is 11.8 Å². The Morgan fingerprint density at radius 2 is 1.81 bits per heavy atom. The van der Waals surface area contributed by atoms with Crippen LogP contribution >= 0.6 is 11.3 Å². The molecule has 0 aliphatic carbocycles. The summed E-state index contributed by atoms with van der Waals surface area (Å²) in [6.45, 7) is 8.09. The molecule has 3 unspecified atom stereocenters. The number of hydrogen-bond acceptors (Lipinski definition) is 6. The minimum absolute atomic E-state index is 0.0746. The molecule has 0 aliphatic heterocycles. The monoisotopic (exact) mass is 515 g/mol. The summed E-state index contributed by atoms with van der Waals surface area (Å²) in [5.41, 5.74) is 1.46. The largest absolute Gasteiger partial charge is 0.469 e. The lowest BCUT2D eigenvalue weighted by Crippen LogP contribution is -2.39. The molecule has 1 aromatic heterocycles. The van der Waals surface area contributed by atoms with Crippen LogP contribution < -0.4 is 10.6 Å². The molecule has 1 aromatic carbocycles. The van der Waals surface area contributed by atoms with E-state index in [0.29, 0.717) is 37.3 Å². The standard InChI is InChI=1S/C28H41N3O4S/c1-6-7-13-25(32)30-23(19(2)3)14-15-26-31-24(18-36-26)27(33)29-22(16-20(4)28(34)35-5)17-21-11-9-8-10-12-21/h8-12,18-20,22-23H,6-7,13-17H2,1-5H3,(H,29,33)(H,30,32). The van der Waals surface area contributed by atoms with Gasteiger partial charge in [-0.1, -0.05) is 64.4 Å². The normalized spacial score (nSPS) is 13.6. The molecule has 3 atom stereocenters. The molecule has 2 aromatic rings. The van der Waals surface area contributed by atoms with Gasteiger partial charge in [0.15, 0.2) is 0 Å². The highest BCUT2D eigenvalue weighted by atomic mass is 32.1. The maximum atomic E-state index is 13.0. The topological polar surface area (TPSA) is 97.4 Å². The van der Waals surface area contributed by atoms with Crippen molar-refractivity contribution < 1.29 is 19.1 Å². The van der Waals surface area contributed by atoms with E-state index < -0.39 is 0 Å². The number of unbranched alkanes of at least 4 members (excludes halogenated alkanes) is 1. The Bertz CT molecular complexity index is 961. The number of hydrogen-bond donors (Lipinski definition) is 2. The first-order valence-electron chi connectivity index (χ1n) is 12.9. The molecule has 2 rings (SSSR count). The fraction of sp³-hybridized carbons (Fsp3) is 0.571. The number of aryl methyl sites for hydroxylation is 1. The number of nitrogens with one attached hydrogen (secondary N) is 2. The Hall–Kier alpha value is -2.74. The quantitative estimate of drug-likeness (QED) is 0.327. The van der Waals surface area contributed by atoms with Crippen LogP contribution in [-0.2, 0) is 27.2 Å². The lowest BCUT2D eigenvalue weighted by atomic mass is 9.96. The number of carbonyl (C=O) groups excluding carboxylic acids is 3. The second-order valence-corrected chi connectivity index (χ2v) is 10.6. The van der Waals surface area contributed by atoms with E-state index in [9.17, 15) is 14.4 Å². The van der Waals surface area contributed by atoms with Crippen LogP contribution in [0.15, 0.2) is 35.7 Å². The highest BCUT2D eigenvalue weighted by molar-refractivity contribution is 7.09. The van der Waals surface area contributed by atoms with Gasteiger partial charge < -0.3 is 15.4 Å². The van der Waals surface area contributed by atoms with Gasteiger partial charge in [0.05, 0.1) is 18.0 Å². The molecular weight excluding hydrogens is 474 g/mol. The van der Waals surface area contributed by atoms with E-state index in [-0.39, 0.29) is 35.8 Å². The number of esters is 1. The van der Waals surface area contributed by atoms with Gasteiger partial charge in [0.25, 0.3) is 5.91 Å². The summed E-state index contributed by atoms with van der Waals surface area (Å²) in [4.78, 5) is 41.8. The lowest BCUT2D eigenvalue weighted by Gasteiger charge is -2.22. The zero-order chi connectivity index (χ0) is 26.5. The van der Waals surface area contributed by atoms with E-state index in [1.54, 1.807) is 5.38 Å². The van der Waals surface area contributed by atoms with Gasteiger partial charge in [0.2, 0.25) is 5.91 Å². The number of aromatic nitrogens is 1. The van der Waals surface area contributed by atoms with E-state index in [4.69, 9.17) is 4.74 Å². The zero-order valence-corrected chi connectivity index (χ0v) is 23.0. The first-order valence-corrected chi connectivity index (χ1v) is 13.8. The fourth-order valence-electron chi connectivity index (χ4n) is 4.07. The number of methoxy groups -OCH3 is 1. The number of nitrogens with zero attached hydrogens (tertiary/aromatic N) is 1. The first kappa shape index (κ1) is 29.5. The second-order valence-electron chi connectivity index (χ2n) is 9.71. The van der Waals surface area contributed by atoms with E-state index >= 15 is 0 Å². The second kappa shape index (κ2) is 15.4. The molecular formula is C28H41N3O4S. The number of thiazole rings is 1. The van der Waals surface area contributed by atoms with Crippen LogP contribution in [0.1, 0.15) is 80.9 Å². The summed E-state index contributed by atoms with van der Waals surface area (Å²) in [5.74, 6) is -0.465. The highest BCUT2D eigenvalue weighted by Gasteiger charge is 2.23. The third-order valence-corrected chi connectivity index (χ3v) is 7.17. The highest BCUT2D eigenvalue weighted by Crippen LogP contribution is 2.18. The van der Waals surface area contributed by atoms with Crippen molar-refractivity contribution in [3.8, 4) is 0 Å². The Kier molecular flexibility index (Phi) is 12.6. The van der Waals surface area contributed by atoms with Crippen LogP contribution in [0, 0.1) is 11.8 Å². The van der Waals surface area contributed by atoms with Gasteiger partial charge in [-0.25, -0.2) is 4.98 Å². The average Bonchev–Trinajstić information content (AvgIpc) is 3.34. The molecule has 0 aliphatic rings. The number of benzene rings is 1. The lowest BCUT2D eigenvalue weighted by molar-refractivity contribution is -0.145. The number of carbonyl (C=O) groups is 3. The van der Waals surface area contributed by atoms with Gasteiger partial charge in [-0.05, 0) is 37.2 Å². The van der Waals surface area contributed by atoms with E-state index in [2.05, 4.69) is 36.4 Å². The van der Waals surface area contributed by atoms with Gasteiger partial charge in [0.1, 0.15) is 5.69 Å². The molecule has 2 amide bonds. The van der Waals surface area contributed by atoms with Crippen LogP contribution in [0.2, 0.25) is 0 Å². The Morgan fingerprint density at radius 1 is 1.08 bits per heavy atom. The summed E-state index contributed by atoms with van der Waals surface area (Å²) in [6.07, 6.45) is 5.00. The third kappa shape index (κ3) is 10.1. The molecule has 198 valence electrons. The predicted molar refractivity (Wildman–Crippen MR) is 144 cm³/mol. The molecule has 7 nitrogen and oxygen atoms in total. The van der Waals surface area contributed by atoms with Crippen molar-refractivity contribution in [2.45, 2.75) is 84.7 Å². The summed E-state index contributed by atoms with van der Waals surface area (Å²) in [6, 6.07) is 9.73. The van der Waals surface area contributed by atoms with Gasteiger partial charge in [-0.3, -0.25) is 14.4 Å². The Balaban J connectivity index is 2.00. The summed E-state index contributed by atoms with van der Waals surface area (Å²) < 4.78 is 4.87. The minimum Gasteiger partial charge on any atom is -0.469 e. The van der Waals surface area contributed by atoms with E-state index in [1.807, 2.05) is 37.3 Å². The minimum atomic E-state index is -0.337. The summed E-state index contributed by atoms with van der Waals surface area (Å²) in [5, 5.41) is 8.87. The third-order valence-electron chi connectivity index (χ3n) is 6.26. The zero-order valence-electron chi connectivity index (χ0n) is 22.2. The molecule has 2 N–H and O–H groups in total. The van der Waals surface area contributed by atoms with Crippen LogP contribution in [0.3, 0.4) is 0 Å². The predicted octanol–water partition coefficient (Wildman–Crippen LogP) is 4.95. The van der Waals surface area contributed by atoms with Gasteiger partial charge >= 0.3 is 5.97 Å². The van der Waals surface area contributed by atoms with Crippen LogP contribution in [0.4, 0.5) is 0 Å². The van der Waals surface area contributed by atoms with Crippen molar-refractivity contribution in [2.75, 3.05) is 7.11 Å². The van der Waals surface area contributed by atoms with E-state index in [0.717, 1.165) is 29.8 Å². The molecule has 0 radical (unpaired) electrons. The van der Waals surface area contributed by atoms with Crippen molar-refractivity contribution >= 4 is 29.1 Å². The molecule has 0 saturated carbocycles. The van der Waals surface area contributed by atoms with Crippen LogP contribution in [0.25, 0.3) is 0 Å². The molecule has 0 fully saturated rings. The molecule has 0 bridgehead atoms. The fourth-order valence-corrected chi connectivity index (χ4v) is 4.87. The smallest absolute Gasteiger partial charge is 0.308 e. The Labute approximate surface area is 219 Å². The van der Waals surface area contributed by atoms with Gasteiger partial charge in [0, 0.05) is 30.3 Å². The maximum absolute atomic E-state index is 13.0. The first-order chi connectivity index (χ1) is 17.2. The molecule has 36 heavy (non-hydrogen) atoms. The van der Waals surface area contributed by atoms with Crippen molar-refractivity contribution in [3.05, 3.63) is 52.0 Å². The number of ether oxygens (including phenoxy) is 1. The average molecular weight is 516 g/mol. The van der Waals surface area contributed by atoms with Crippen LogP contribution in [-0.4, -0.2) is 42.0 Å². The van der Waals surface area contributed by atoms with Crippen molar-refractivity contribution in [1.82, 2.24) is 15.6 Å². The van der Waals surface area contributed by atoms with Gasteiger partial charge in [-0.2, -0.15) is 0 Å². The van der Waals surface area contributed by atoms with Crippen molar-refractivity contribution in [1.29, 1.82) is 0 Å². The summed E-state index contributed by atoms with van der Waals surface area (Å²) >= 11 is 1.46. The SMILES string of the molecule is CCCCC(=O)NC(CCc1nc(C(=O)NC(Cc2ccccc2)CC(C)C(=O)OC)cs1)C(C)C. The number of rotatable bonds is 15. The molecule has 0 saturated heterocycles. The number of amides is 2. The summed E-state index contributed by atoms with van der Waals surface area (Å²) in [7, 11) is 1.38. The molecule has 0 spiro atoms.